The molecule has 0 amide bonds. The van der Waals surface area contributed by atoms with Crippen molar-refractivity contribution in [2.45, 2.75) is 12.5 Å². The van der Waals surface area contributed by atoms with E-state index in [2.05, 4.69) is 41.1 Å². The molecule has 2 heterocycles. The lowest BCUT2D eigenvalue weighted by molar-refractivity contribution is 0.122. The fourth-order valence-electron chi connectivity index (χ4n) is 2.76. The molecule has 0 aromatic heterocycles. The van der Waals surface area contributed by atoms with Gasteiger partial charge in [0.1, 0.15) is 0 Å². The van der Waals surface area contributed by atoms with E-state index in [1.807, 2.05) is 0 Å². The van der Waals surface area contributed by atoms with E-state index < -0.39 is 0 Å². The molecular formula is C15H22N2O2. The summed E-state index contributed by atoms with van der Waals surface area (Å²) in [7, 11) is 2.16. The second-order valence-corrected chi connectivity index (χ2v) is 5.24. The summed E-state index contributed by atoms with van der Waals surface area (Å²) in [4.78, 5) is 4.71. The Bertz CT molecular complexity index is 395. The summed E-state index contributed by atoms with van der Waals surface area (Å²) in [5, 5.41) is 0. The fraction of sp³-hybridized carbons (Fsp3) is 0.600. The third-order valence-corrected chi connectivity index (χ3v) is 4.09. The molecule has 0 spiro atoms. The summed E-state index contributed by atoms with van der Waals surface area (Å²) in [6.45, 7) is 5.39. The average molecular weight is 262 g/mol. The van der Waals surface area contributed by atoms with Crippen LogP contribution in [-0.2, 0) is 9.47 Å². The van der Waals surface area contributed by atoms with Gasteiger partial charge in [0.15, 0.2) is 0 Å². The molecule has 1 aromatic carbocycles. The van der Waals surface area contributed by atoms with Gasteiger partial charge in [-0.15, -0.1) is 0 Å². The van der Waals surface area contributed by atoms with Crippen LogP contribution < -0.4 is 9.80 Å². The minimum atomic E-state index is 0.522. The Labute approximate surface area is 114 Å². The Morgan fingerprint density at radius 1 is 1.05 bits per heavy atom. The summed E-state index contributed by atoms with van der Waals surface area (Å²) in [5.74, 6) is 0. The van der Waals surface area contributed by atoms with Crippen LogP contribution in [0.5, 0.6) is 0 Å². The van der Waals surface area contributed by atoms with Crippen molar-refractivity contribution in [2.24, 2.45) is 0 Å². The maximum absolute atomic E-state index is 5.45. The number of hydrogen-bond acceptors (Lipinski definition) is 4. The largest absolute Gasteiger partial charge is 0.379 e. The summed E-state index contributed by atoms with van der Waals surface area (Å²) < 4.78 is 10.8. The molecule has 3 rings (SSSR count). The van der Waals surface area contributed by atoms with Gasteiger partial charge in [-0.25, -0.2) is 0 Å². The van der Waals surface area contributed by atoms with Gasteiger partial charge in [0.2, 0.25) is 0 Å². The monoisotopic (exact) mass is 262 g/mol. The molecule has 0 N–H and O–H groups in total. The fourth-order valence-corrected chi connectivity index (χ4v) is 2.76. The lowest BCUT2D eigenvalue weighted by Gasteiger charge is -2.30. The van der Waals surface area contributed by atoms with E-state index in [0.29, 0.717) is 6.04 Å². The first-order valence-corrected chi connectivity index (χ1v) is 7.08. The highest BCUT2D eigenvalue weighted by Crippen LogP contribution is 2.24. The third-order valence-electron chi connectivity index (χ3n) is 4.09. The number of likely N-dealkylation sites (N-methyl/N-ethyl adjacent to an activating group) is 1. The zero-order valence-electron chi connectivity index (χ0n) is 11.5. The topological polar surface area (TPSA) is 24.9 Å². The predicted molar refractivity (Wildman–Crippen MR) is 77.1 cm³/mol. The van der Waals surface area contributed by atoms with Gasteiger partial charge >= 0.3 is 0 Å². The number of anilines is 2. The molecule has 104 valence electrons. The van der Waals surface area contributed by atoms with Crippen molar-refractivity contribution in [2.75, 3.05) is 56.4 Å². The molecule has 1 atom stereocenters. The van der Waals surface area contributed by atoms with Crippen molar-refractivity contribution in [1.82, 2.24) is 0 Å². The standard InChI is InChI=1S/C15H22N2O2/c1-16(15-6-9-19-12-15)13-2-4-14(5-3-13)17-7-10-18-11-8-17/h2-5,15H,6-12H2,1H3/t15-/m1/s1. The van der Waals surface area contributed by atoms with Crippen molar-refractivity contribution in [3.8, 4) is 0 Å². The molecule has 0 radical (unpaired) electrons. The van der Waals surface area contributed by atoms with Gasteiger partial charge in [-0.3, -0.25) is 0 Å². The molecule has 2 fully saturated rings. The van der Waals surface area contributed by atoms with Gasteiger partial charge in [-0.2, -0.15) is 0 Å². The second-order valence-electron chi connectivity index (χ2n) is 5.24. The van der Waals surface area contributed by atoms with Crippen LogP contribution in [0.2, 0.25) is 0 Å². The lowest BCUT2D eigenvalue weighted by atomic mass is 10.2. The normalized spacial score (nSPS) is 23.6. The molecule has 19 heavy (non-hydrogen) atoms. The van der Waals surface area contributed by atoms with Gasteiger partial charge in [0.05, 0.1) is 25.9 Å². The van der Waals surface area contributed by atoms with Crippen LogP contribution in [0.1, 0.15) is 6.42 Å². The number of hydrogen-bond donors (Lipinski definition) is 0. The third kappa shape index (κ3) is 2.85. The molecule has 0 saturated carbocycles. The van der Waals surface area contributed by atoms with Crippen molar-refractivity contribution >= 4 is 11.4 Å². The van der Waals surface area contributed by atoms with Crippen LogP contribution in [0.3, 0.4) is 0 Å². The van der Waals surface area contributed by atoms with Crippen LogP contribution >= 0.6 is 0 Å². The number of nitrogens with zero attached hydrogens (tertiary/aromatic N) is 2. The molecule has 0 aliphatic carbocycles. The number of ether oxygens (including phenoxy) is 2. The molecule has 0 unspecified atom stereocenters. The summed E-state index contributed by atoms with van der Waals surface area (Å²) >= 11 is 0. The van der Waals surface area contributed by atoms with E-state index in [1.165, 1.54) is 11.4 Å². The minimum absolute atomic E-state index is 0.522. The van der Waals surface area contributed by atoms with Crippen LogP contribution in [0, 0.1) is 0 Å². The highest BCUT2D eigenvalue weighted by Gasteiger charge is 2.20. The maximum Gasteiger partial charge on any atom is 0.0670 e. The Morgan fingerprint density at radius 2 is 1.79 bits per heavy atom. The van der Waals surface area contributed by atoms with Crippen LogP contribution in [0.15, 0.2) is 24.3 Å². The molecule has 2 saturated heterocycles. The van der Waals surface area contributed by atoms with Gasteiger partial charge < -0.3 is 19.3 Å². The van der Waals surface area contributed by atoms with E-state index in [4.69, 9.17) is 9.47 Å². The number of rotatable bonds is 3. The van der Waals surface area contributed by atoms with Crippen molar-refractivity contribution in [3.63, 3.8) is 0 Å². The SMILES string of the molecule is CN(c1ccc(N2CCOCC2)cc1)[C@@H]1CCOC1. The zero-order valence-corrected chi connectivity index (χ0v) is 11.5. The van der Waals surface area contributed by atoms with Crippen molar-refractivity contribution in [1.29, 1.82) is 0 Å². The first-order chi connectivity index (χ1) is 9.34. The smallest absolute Gasteiger partial charge is 0.0670 e. The summed E-state index contributed by atoms with van der Waals surface area (Å²) in [6, 6.07) is 9.38. The minimum Gasteiger partial charge on any atom is -0.379 e. The molecule has 4 heteroatoms. The molecular weight excluding hydrogens is 240 g/mol. The summed E-state index contributed by atoms with van der Waals surface area (Å²) in [6.07, 6.45) is 1.13. The Morgan fingerprint density at radius 3 is 2.42 bits per heavy atom. The lowest BCUT2D eigenvalue weighted by Crippen LogP contribution is -2.36. The molecule has 2 aliphatic rings. The van der Waals surface area contributed by atoms with Gasteiger partial charge in [-0.1, -0.05) is 0 Å². The van der Waals surface area contributed by atoms with Gasteiger partial charge in [0.25, 0.3) is 0 Å². The Kier molecular flexibility index (Phi) is 3.89. The van der Waals surface area contributed by atoms with E-state index >= 15 is 0 Å². The molecule has 2 aliphatic heterocycles. The maximum atomic E-state index is 5.45. The second kappa shape index (κ2) is 5.80. The van der Waals surface area contributed by atoms with E-state index in [9.17, 15) is 0 Å². The van der Waals surface area contributed by atoms with E-state index in [0.717, 1.165) is 45.9 Å². The zero-order chi connectivity index (χ0) is 13.1. The molecule has 4 nitrogen and oxygen atoms in total. The molecule has 0 bridgehead atoms. The summed E-state index contributed by atoms with van der Waals surface area (Å²) in [5.41, 5.74) is 2.57. The van der Waals surface area contributed by atoms with Gasteiger partial charge in [0, 0.05) is 38.1 Å². The van der Waals surface area contributed by atoms with Gasteiger partial charge in [-0.05, 0) is 30.7 Å². The van der Waals surface area contributed by atoms with Crippen molar-refractivity contribution in [3.05, 3.63) is 24.3 Å². The number of benzene rings is 1. The quantitative estimate of drug-likeness (QED) is 0.828. The first kappa shape index (κ1) is 12.8. The highest BCUT2D eigenvalue weighted by atomic mass is 16.5. The number of morpholine rings is 1. The molecule has 1 aromatic rings. The first-order valence-electron chi connectivity index (χ1n) is 7.08. The van der Waals surface area contributed by atoms with Crippen LogP contribution in [-0.4, -0.2) is 52.6 Å². The predicted octanol–water partition coefficient (Wildman–Crippen LogP) is 1.75. The van der Waals surface area contributed by atoms with Crippen LogP contribution in [0.4, 0.5) is 11.4 Å². The van der Waals surface area contributed by atoms with E-state index in [1.54, 1.807) is 0 Å². The van der Waals surface area contributed by atoms with E-state index in [-0.39, 0.29) is 0 Å². The van der Waals surface area contributed by atoms with Crippen LogP contribution in [0.25, 0.3) is 0 Å². The Hall–Kier alpha value is -1.26. The average Bonchev–Trinajstić information content (AvgIpc) is 3.02. The highest BCUT2D eigenvalue weighted by molar-refractivity contribution is 5.56. The Balaban J connectivity index is 1.67. The van der Waals surface area contributed by atoms with Crippen molar-refractivity contribution < 1.29 is 9.47 Å².